The van der Waals surface area contributed by atoms with Crippen molar-refractivity contribution in [1.29, 1.82) is 0 Å². The lowest BCUT2D eigenvalue weighted by Gasteiger charge is -2.29. The Labute approximate surface area is 176 Å². The van der Waals surface area contributed by atoms with Gasteiger partial charge < -0.3 is 10.2 Å². The fourth-order valence-corrected chi connectivity index (χ4v) is 3.23. The average molecular weight is 421 g/mol. The fraction of sp³-hybridized carbons (Fsp3) is 0.364. The molecule has 1 N–H and O–H groups in total. The van der Waals surface area contributed by atoms with Crippen LogP contribution in [0.4, 0.5) is 0 Å². The summed E-state index contributed by atoms with van der Waals surface area (Å²) in [6.45, 7) is 6.70. The molecule has 2 amide bonds. The number of amides is 2. The molecule has 0 bridgehead atoms. The number of carbonyl (C=O) groups is 2. The van der Waals surface area contributed by atoms with E-state index < -0.39 is 6.04 Å². The number of aryl methyl sites for hydroxylation is 1. The van der Waals surface area contributed by atoms with Crippen molar-refractivity contribution in [2.24, 2.45) is 0 Å². The first-order valence-electron chi connectivity index (χ1n) is 9.38. The minimum Gasteiger partial charge on any atom is -0.354 e. The summed E-state index contributed by atoms with van der Waals surface area (Å²) in [5.41, 5.74) is 2.85. The number of carbonyl (C=O) groups excluding carboxylic acids is 2. The van der Waals surface area contributed by atoms with E-state index in [4.69, 9.17) is 23.2 Å². The Hall–Kier alpha value is -2.04. The minimum absolute atomic E-state index is 0.140. The van der Waals surface area contributed by atoms with Gasteiger partial charge in [-0.1, -0.05) is 66.0 Å². The molecule has 0 aliphatic rings. The van der Waals surface area contributed by atoms with E-state index in [2.05, 4.69) is 5.32 Å². The van der Waals surface area contributed by atoms with Crippen LogP contribution in [0.1, 0.15) is 37.0 Å². The molecule has 0 aromatic heterocycles. The molecule has 6 heteroatoms. The highest BCUT2D eigenvalue weighted by Gasteiger charge is 2.26. The van der Waals surface area contributed by atoms with Gasteiger partial charge in [-0.3, -0.25) is 9.59 Å². The third-order valence-corrected chi connectivity index (χ3v) is 5.23. The van der Waals surface area contributed by atoms with Gasteiger partial charge in [0.2, 0.25) is 11.8 Å². The van der Waals surface area contributed by atoms with Crippen LogP contribution in [0.5, 0.6) is 0 Å². The van der Waals surface area contributed by atoms with Crippen molar-refractivity contribution in [3.63, 3.8) is 0 Å². The molecule has 4 nitrogen and oxygen atoms in total. The van der Waals surface area contributed by atoms with Gasteiger partial charge in [0.15, 0.2) is 0 Å². The first kappa shape index (κ1) is 22.3. The Morgan fingerprint density at radius 3 is 2.46 bits per heavy atom. The predicted molar refractivity (Wildman–Crippen MR) is 115 cm³/mol. The summed E-state index contributed by atoms with van der Waals surface area (Å²) >= 11 is 12.0. The Balaban J connectivity index is 2.23. The average Bonchev–Trinajstić information content (AvgIpc) is 2.66. The highest BCUT2D eigenvalue weighted by atomic mass is 35.5. The second-order valence-corrected chi connectivity index (χ2v) is 7.72. The molecular formula is C22H26Cl2N2O2. The normalized spacial score (nSPS) is 11.8. The first-order chi connectivity index (χ1) is 13.3. The topological polar surface area (TPSA) is 49.4 Å². The Morgan fingerprint density at radius 2 is 1.82 bits per heavy atom. The summed E-state index contributed by atoms with van der Waals surface area (Å²) < 4.78 is 0. The molecule has 1 atom stereocenters. The van der Waals surface area contributed by atoms with E-state index in [1.54, 1.807) is 30.0 Å². The maximum atomic E-state index is 13.1. The van der Waals surface area contributed by atoms with Crippen molar-refractivity contribution in [2.45, 2.75) is 46.2 Å². The highest BCUT2D eigenvalue weighted by Crippen LogP contribution is 2.23. The van der Waals surface area contributed by atoms with E-state index in [1.807, 2.05) is 38.1 Å². The highest BCUT2D eigenvalue weighted by molar-refractivity contribution is 6.42. The van der Waals surface area contributed by atoms with Crippen molar-refractivity contribution in [3.8, 4) is 0 Å². The summed E-state index contributed by atoms with van der Waals surface area (Å²) in [5.74, 6) is -0.295. The third-order valence-electron chi connectivity index (χ3n) is 4.49. The second-order valence-electron chi connectivity index (χ2n) is 6.90. The molecule has 0 aliphatic carbocycles. The molecule has 0 fully saturated rings. The van der Waals surface area contributed by atoms with Crippen LogP contribution in [0.25, 0.3) is 0 Å². The molecular weight excluding hydrogens is 395 g/mol. The molecule has 0 saturated carbocycles. The van der Waals surface area contributed by atoms with Crippen molar-refractivity contribution < 1.29 is 9.59 Å². The maximum absolute atomic E-state index is 13.1. The zero-order chi connectivity index (χ0) is 20.7. The minimum atomic E-state index is -0.581. The van der Waals surface area contributed by atoms with E-state index >= 15 is 0 Å². The molecule has 0 aliphatic heterocycles. The van der Waals surface area contributed by atoms with Crippen molar-refractivity contribution >= 4 is 35.0 Å². The SMILES string of the molecule is CCCNC(=O)[C@H](C)N(Cc1cccc(C)c1)C(=O)Cc1ccc(Cl)c(Cl)c1. The zero-order valence-electron chi connectivity index (χ0n) is 16.5. The summed E-state index contributed by atoms with van der Waals surface area (Å²) in [6.07, 6.45) is 0.988. The molecule has 150 valence electrons. The summed E-state index contributed by atoms with van der Waals surface area (Å²) in [4.78, 5) is 27.2. The van der Waals surface area contributed by atoms with Gasteiger partial charge in [0.25, 0.3) is 0 Å². The van der Waals surface area contributed by atoms with Crippen LogP contribution in [-0.4, -0.2) is 29.3 Å². The van der Waals surface area contributed by atoms with Gasteiger partial charge in [-0.25, -0.2) is 0 Å². The molecule has 2 rings (SSSR count). The molecule has 0 heterocycles. The van der Waals surface area contributed by atoms with Gasteiger partial charge in [-0.05, 0) is 43.5 Å². The van der Waals surface area contributed by atoms with E-state index in [0.29, 0.717) is 23.1 Å². The number of hydrogen-bond donors (Lipinski definition) is 1. The van der Waals surface area contributed by atoms with Crippen LogP contribution in [-0.2, 0) is 22.6 Å². The van der Waals surface area contributed by atoms with Gasteiger partial charge in [-0.2, -0.15) is 0 Å². The van der Waals surface area contributed by atoms with Gasteiger partial charge in [0.1, 0.15) is 6.04 Å². The lowest BCUT2D eigenvalue weighted by molar-refractivity contribution is -0.140. The Kier molecular flexibility index (Phi) is 8.34. The Bertz CT molecular complexity index is 839. The van der Waals surface area contributed by atoms with E-state index in [0.717, 1.165) is 23.1 Å². The number of benzene rings is 2. The summed E-state index contributed by atoms with van der Waals surface area (Å²) in [7, 11) is 0. The molecule has 28 heavy (non-hydrogen) atoms. The van der Waals surface area contributed by atoms with E-state index in [9.17, 15) is 9.59 Å². The molecule has 2 aromatic rings. The third kappa shape index (κ3) is 6.25. The monoisotopic (exact) mass is 420 g/mol. The molecule has 2 aromatic carbocycles. The second kappa shape index (κ2) is 10.5. The lowest BCUT2D eigenvalue weighted by atomic mass is 10.1. The molecule has 0 saturated heterocycles. The van der Waals surface area contributed by atoms with Crippen LogP contribution in [0.3, 0.4) is 0 Å². The van der Waals surface area contributed by atoms with Crippen molar-refractivity contribution in [2.75, 3.05) is 6.54 Å². The predicted octanol–water partition coefficient (Wildman–Crippen LogP) is 4.79. The van der Waals surface area contributed by atoms with Gasteiger partial charge in [0.05, 0.1) is 16.5 Å². The number of halogens is 2. The summed E-state index contributed by atoms with van der Waals surface area (Å²) in [6, 6.07) is 12.5. The van der Waals surface area contributed by atoms with Gasteiger partial charge >= 0.3 is 0 Å². The van der Waals surface area contributed by atoms with E-state index in [-0.39, 0.29) is 18.2 Å². The van der Waals surface area contributed by atoms with Gasteiger partial charge in [0, 0.05) is 13.1 Å². The van der Waals surface area contributed by atoms with E-state index in [1.165, 1.54) is 0 Å². The van der Waals surface area contributed by atoms with Crippen molar-refractivity contribution in [3.05, 3.63) is 69.2 Å². The Morgan fingerprint density at radius 1 is 1.07 bits per heavy atom. The van der Waals surface area contributed by atoms with Crippen molar-refractivity contribution in [1.82, 2.24) is 10.2 Å². The molecule has 0 spiro atoms. The summed E-state index contributed by atoms with van der Waals surface area (Å²) in [5, 5.41) is 3.73. The van der Waals surface area contributed by atoms with Crippen LogP contribution in [0, 0.1) is 6.92 Å². The quantitative estimate of drug-likeness (QED) is 0.667. The maximum Gasteiger partial charge on any atom is 0.242 e. The molecule has 0 radical (unpaired) electrons. The van der Waals surface area contributed by atoms with Crippen LogP contribution < -0.4 is 5.32 Å². The largest absolute Gasteiger partial charge is 0.354 e. The van der Waals surface area contributed by atoms with Crippen LogP contribution in [0.2, 0.25) is 10.0 Å². The van der Waals surface area contributed by atoms with Gasteiger partial charge in [-0.15, -0.1) is 0 Å². The number of nitrogens with zero attached hydrogens (tertiary/aromatic N) is 1. The zero-order valence-corrected chi connectivity index (χ0v) is 18.0. The van der Waals surface area contributed by atoms with Crippen LogP contribution >= 0.6 is 23.2 Å². The van der Waals surface area contributed by atoms with Crippen LogP contribution in [0.15, 0.2) is 42.5 Å². The fourth-order valence-electron chi connectivity index (χ4n) is 2.91. The standard InChI is InChI=1S/C22H26Cl2N2O2/c1-4-10-25-22(28)16(3)26(14-18-7-5-6-15(2)11-18)21(27)13-17-8-9-19(23)20(24)12-17/h5-9,11-12,16H,4,10,13-14H2,1-3H3,(H,25,28)/t16-/m0/s1. The lowest BCUT2D eigenvalue weighted by Crippen LogP contribution is -2.48. The molecule has 0 unspecified atom stereocenters. The smallest absolute Gasteiger partial charge is 0.242 e. The number of nitrogens with one attached hydrogen (secondary N) is 1. The first-order valence-corrected chi connectivity index (χ1v) is 10.1. The number of rotatable bonds is 8. The number of hydrogen-bond acceptors (Lipinski definition) is 2.